The number of pyridine rings is 1. The average Bonchev–Trinajstić information content (AvgIpc) is 2.34. The third-order valence-electron chi connectivity index (χ3n) is 2.60. The summed E-state index contributed by atoms with van der Waals surface area (Å²) < 4.78 is 0. The van der Waals surface area contributed by atoms with E-state index >= 15 is 0 Å². The Bertz CT molecular complexity index is 411. The Kier molecular flexibility index (Phi) is 5.88. The number of aromatic nitrogens is 1. The number of carbonyl (C=O) groups excluding carboxylic acids is 1. The van der Waals surface area contributed by atoms with Gasteiger partial charge in [-0.25, -0.2) is 4.98 Å². The minimum Gasteiger partial charge on any atom is -0.368 e. The predicted molar refractivity (Wildman–Crippen MR) is 73.5 cm³/mol. The first-order valence-electron chi connectivity index (χ1n) is 5.96. The fourth-order valence-corrected chi connectivity index (χ4v) is 1.95. The lowest BCUT2D eigenvalue weighted by molar-refractivity contribution is -0.116. The van der Waals surface area contributed by atoms with Crippen LogP contribution in [-0.4, -0.2) is 24.0 Å². The summed E-state index contributed by atoms with van der Waals surface area (Å²) in [5, 5.41) is 0.498. The van der Waals surface area contributed by atoms with Crippen molar-refractivity contribution in [2.24, 2.45) is 11.5 Å². The van der Waals surface area contributed by atoms with Gasteiger partial charge in [-0.2, -0.15) is 0 Å². The Labute approximate surface area is 112 Å². The number of halogens is 1. The Hall–Kier alpha value is -1.33. The van der Waals surface area contributed by atoms with Crippen LogP contribution in [0.1, 0.15) is 25.3 Å². The number of unbranched alkanes of at least 4 members (excludes halogenated alkanes) is 1. The zero-order valence-corrected chi connectivity index (χ0v) is 11.3. The van der Waals surface area contributed by atoms with Crippen LogP contribution in [0.2, 0.25) is 5.02 Å². The van der Waals surface area contributed by atoms with E-state index in [1.165, 1.54) is 0 Å². The van der Waals surface area contributed by atoms with Gasteiger partial charge in [0, 0.05) is 19.3 Å². The SMILES string of the molecule is CCCCN(CC(N)=O)c1nccc(CN)c1Cl. The molecule has 1 aromatic rings. The molecule has 0 saturated carbocycles. The van der Waals surface area contributed by atoms with Crippen LogP contribution in [-0.2, 0) is 11.3 Å². The molecule has 0 unspecified atom stereocenters. The zero-order chi connectivity index (χ0) is 13.5. The summed E-state index contributed by atoms with van der Waals surface area (Å²) >= 11 is 6.23. The highest BCUT2D eigenvalue weighted by molar-refractivity contribution is 6.33. The zero-order valence-electron chi connectivity index (χ0n) is 10.5. The molecule has 0 atom stereocenters. The fourth-order valence-electron chi connectivity index (χ4n) is 1.65. The number of primary amides is 1. The summed E-state index contributed by atoms with van der Waals surface area (Å²) in [6.07, 6.45) is 3.60. The van der Waals surface area contributed by atoms with Crippen molar-refractivity contribution in [2.45, 2.75) is 26.3 Å². The number of carbonyl (C=O) groups is 1. The first-order valence-corrected chi connectivity index (χ1v) is 6.34. The maximum Gasteiger partial charge on any atom is 0.236 e. The highest BCUT2D eigenvalue weighted by atomic mass is 35.5. The van der Waals surface area contributed by atoms with E-state index in [1.807, 2.05) is 0 Å². The Morgan fingerprint density at radius 2 is 2.28 bits per heavy atom. The van der Waals surface area contributed by atoms with E-state index in [0.29, 0.717) is 23.9 Å². The van der Waals surface area contributed by atoms with Gasteiger partial charge in [0.1, 0.15) is 5.82 Å². The number of hydrogen-bond acceptors (Lipinski definition) is 4. The van der Waals surface area contributed by atoms with Crippen LogP contribution in [0.5, 0.6) is 0 Å². The molecule has 100 valence electrons. The number of anilines is 1. The van der Waals surface area contributed by atoms with Gasteiger partial charge in [-0.1, -0.05) is 24.9 Å². The van der Waals surface area contributed by atoms with Crippen LogP contribution >= 0.6 is 11.6 Å². The molecule has 0 fully saturated rings. The van der Waals surface area contributed by atoms with Crippen molar-refractivity contribution in [1.29, 1.82) is 0 Å². The molecule has 6 heteroatoms. The van der Waals surface area contributed by atoms with E-state index in [9.17, 15) is 4.79 Å². The highest BCUT2D eigenvalue weighted by Gasteiger charge is 2.15. The number of rotatable bonds is 7. The first-order chi connectivity index (χ1) is 8.60. The first kappa shape index (κ1) is 14.7. The van der Waals surface area contributed by atoms with E-state index in [0.717, 1.165) is 18.4 Å². The minimum absolute atomic E-state index is 0.112. The summed E-state index contributed by atoms with van der Waals surface area (Å²) in [5.41, 5.74) is 11.7. The lowest BCUT2D eigenvalue weighted by Crippen LogP contribution is -2.35. The molecule has 1 amide bonds. The van der Waals surface area contributed by atoms with Gasteiger partial charge in [-0.15, -0.1) is 0 Å². The van der Waals surface area contributed by atoms with Gasteiger partial charge in [0.05, 0.1) is 11.6 Å². The molecule has 18 heavy (non-hydrogen) atoms. The summed E-state index contributed by atoms with van der Waals surface area (Å²) in [6, 6.07) is 1.77. The van der Waals surface area contributed by atoms with Crippen LogP contribution in [0.25, 0.3) is 0 Å². The molecule has 1 heterocycles. The molecule has 0 aliphatic heterocycles. The lowest BCUT2D eigenvalue weighted by atomic mass is 10.2. The molecule has 1 rings (SSSR count). The third kappa shape index (κ3) is 3.85. The number of hydrogen-bond donors (Lipinski definition) is 2. The van der Waals surface area contributed by atoms with Gasteiger partial charge in [-0.05, 0) is 18.1 Å². The van der Waals surface area contributed by atoms with Crippen LogP contribution in [0.3, 0.4) is 0 Å². The van der Waals surface area contributed by atoms with Crippen molar-refractivity contribution in [1.82, 2.24) is 4.98 Å². The van der Waals surface area contributed by atoms with Crippen LogP contribution in [0, 0.1) is 0 Å². The van der Waals surface area contributed by atoms with E-state index in [1.54, 1.807) is 17.2 Å². The van der Waals surface area contributed by atoms with Crippen molar-refractivity contribution in [3.05, 3.63) is 22.8 Å². The quantitative estimate of drug-likeness (QED) is 0.782. The summed E-state index contributed by atoms with van der Waals surface area (Å²) in [5.74, 6) is 0.175. The minimum atomic E-state index is -0.401. The lowest BCUT2D eigenvalue weighted by Gasteiger charge is -2.23. The molecule has 0 aromatic carbocycles. The van der Waals surface area contributed by atoms with E-state index < -0.39 is 5.91 Å². The molecule has 0 saturated heterocycles. The van der Waals surface area contributed by atoms with Crippen molar-refractivity contribution >= 4 is 23.3 Å². The average molecular weight is 271 g/mol. The molecule has 0 aliphatic carbocycles. The van der Waals surface area contributed by atoms with E-state index in [2.05, 4.69) is 11.9 Å². The third-order valence-corrected chi connectivity index (χ3v) is 3.01. The monoisotopic (exact) mass is 270 g/mol. The summed E-state index contributed by atoms with van der Waals surface area (Å²) in [6.45, 7) is 3.22. The Morgan fingerprint density at radius 1 is 1.56 bits per heavy atom. The molecular formula is C12H19ClN4O. The Balaban J connectivity index is 2.99. The molecule has 1 aromatic heterocycles. The van der Waals surface area contributed by atoms with E-state index in [4.69, 9.17) is 23.1 Å². The largest absolute Gasteiger partial charge is 0.368 e. The molecule has 0 bridgehead atoms. The van der Waals surface area contributed by atoms with Crippen molar-refractivity contribution < 1.29 is 4.79 Å². The maximum atomic E-state index is 11.1. The maximum absolute atomic E-state index is 11.1. The highest BCUT2D eigenvalue weighted by Crippen LogP contribution is 2.26. The van der Waals surface area contributed by atoms with Gasteiger partial charge >= 0.3 is 0 Å². The summed E-state index contributed by atoms with van der Waals surface area (Å²) in [7, 11) is 0. The second kappa shape index (κ2) is 7.18. The molecule has 0 radical (unpaired) electrons. The van der Waals surface area contributed by atoms with Crippen molar-refractivity contribution in [3.63, 3.8) is 0 Å². The van der Waals surface area contributed by atoms with Gasteiger partial charge in [0.2, 0.25) is 5.91 Å². The molecule has 5 nitrogen and oxygen atoms in total. The van der Waals surface area contributed by atoms with Crippen molar-refractivity contribution in [2.75, 3.05) is 18.0 Å². The smallest absolute Gasteiger partial charge is 0.236 e. The topological polar surface area (TPSA) is 85.2 Å². The van der Waals surface area contributed by atoms with Gasteiger partial charge in [0.25, 0.3) is 0 Å². The molecule has 4 N–H and O–H groups in total. The fraction of sp³-hybridized carbons (Fsp3) is 0.500. The van der Waals surface area contributed by atoms with Crippen molar-refractivity contribution in [3.8, 4) is 0 Å². The molecular weight excluding hydrogens is 252 g/mol. The second-order valence-electron chi connectivity index (χ2n) is 4.05. The second-order valence-corrected chi connectivity index (χ2v) is 4.43. The van der Waals surface area contributed by atoms with Crippen LogP contribution in [0.15, 0.2) is 12.3 Å². The van der Waals surface area contributed by atoms with Gasteiger partial charge < -0.3 is 16.4 Å². The molecule has 0 aliphatic rings. The predicted octanol–water partition coefficient (Wildman–Crippen LogP) is 1.29. The summed E-state index contributed by atoms with van der Waals surface area (Å²) in [4.78, 5) is 17.1. The molecule has 0 spiro atoms. The van der Waals surface area contributed by atoms with Gasteiger partial charge in [-0.3, -0.25) is 4.79 Å². The number of nitrogens with two attached hydrogens (primary N) is 2. The normalized spacial score (nSPS) is 10.4. The Morgan fingerprint density at radius 3 is 2.83 bits per heavy atom. The van der Waals surface area contributed by atoms with E-state index in [-0.39, 0.29) is 6.54 Å². The van der Waals surface area contributed by atoms with Gasteiger partial charge in [0.15, 0.2) is 0 Å². The van der Waals surface area contributed by atoms with Crippen LogP contribution < -0.4 is 16.4 Å². The van der Waals surface area contributed by atoms with Crippen LogP contribution in [0.4, 0.5) is 5.82 Å². The standard InChI is InChI=1S/C12H19ClN4O/c1-2-3-6-17(8-10(15)18)12-11(13)9(7-14)4-5-16-12/h4-5H,2-3,6-8,14H2,1H3,(H2,15,18). The number of nitrogens with zero attached hydrogens (tertiary/aromatic N) is 2. The number of amides is 1.